The van der Waals surface area contributed by atoms with Crippen LogP contribution in [0.15, 0.2) is 22.6 Å². The van der Waals surface area contributed by atoms with E-state index in [4.69, 9.17) is 13.9 Å². The summed E-state index contributed by atoms with van der Waals surface area (Å²) in [5.41, 5.74) is 1.89. The predicted molar refractivity (Wildman–Crippen MR) is 70.9 cm³/mol. The maximum absolute atomic E-state index is 5.91. The van der Waals surface area contributed by atoms with E-state index < -0.39 is 0 Å². The lowest BCUT2D eigenvalue weighted by Gasteiger charge is -2.02. The van der Waals surface area contributed by atoms with E-state index >= 15 is 0 Å². The number of methoxy groups -OCH3 is 1. The Morgan fingerprint density at radius 1 is 1.33 bits per heavy atom. The van der Waals surface area contributed by atoms with Gasteiger partial charge in [-0.15, -0.1) is 0 Å². The Morgan fingerprint density at radius 2 is 2.17 bits per heavy atom. The minimum atomic E-state index is 0.541. The van der Waals surface area contributed by atoms with E-state index in [9.17, 15) is 0 Å². The third-order valence-electron chi connectivity index (χ3n) is 2.79. The number of fused-ring (bicyclic) bond motifs is 1. The Kier molecular flexibility index (Phi) is 4.23. The molecule has 0 spiro atoms. The molecule has 2 rings (SSSR count). The minimum absolute atomic E-state index is 0.541. The molecule has 0 aliphatic heterocycles. The summed E-state index contributed by atoms with van der Waals surface area (Å²) < 4.78 is 16.7. The van der Waals surface area contributed by atoms with Gasteiger partial charge in [0.25, 0.3) is 0 Å². The molecule has 1 heterocycles. The maximum atomic E-state index is 5.91. The van der Waals surface area contributed by atoms with Gasteiger partial charge in [-0.05, 0) is 20.0 Å². The highest BCUT2D eigenvalue weighted by atomic mass is 16.5. The zero-order valence-electron chi connectivity index (χ0n) is 11.1. The van der Waals surface area contributed by atoms with Crippen molar-refractivity contribution in [3.63, 3.8) is 0 Å². The third-order valence-corrected chi connectivity index (χ3v) is 2.79. The number of benzene rings is 1. The fourth-order valence-corrected chi connectivity index (χ4v) is 2.07. The van der Waals surface area contributed by atoms with Crippen LogP contribution < -0.4 is 10.1 Å². The molecule has 0 bridgehead atoms. The summed E-state index contributed by atoms with van der Waals surface area (Å²) in [6.07, 6.45) is 0. The number of hydrogen-bond donors (Lipinski definition) is 1. The van der Waals surface area contributed by atoms with Gasteiger partial charge in [-0.2, -0.15) is 0 Å². The van der Waals surface area contributed by atoms with Crippen molar-refractivity contribution >= 4 is 11.0 Å². The van der Waals surface area contributed by atoms with Crippen LogP contribution in [-0.2, 0) is 17.9 Å². The van der Waals surface area contributed by atoms with Crippen LogP contribution in [0.1, 0.15) is 18.2 Å². The number of rotatable bonds is 6. The van der Waals surface area contributed by atoms with Crippen LogP contribution in [0.3, 0.4) is 0 Å². The number of nitrogens with one attached hydrogen (secondary N) is 1. The first-order chi connectivity index (χ1) is 8.81. The standard InChI is InChI=1S/C14H19NO3/c1-4-17-12-7-5-6-10-11(9-16-3)13(8-15-2)18-14(10)12/h5-7,15H,4,8-9H2,1-3H3. The lowest BCUT2D eigenvalue weighted by atomic mass is 10.1. The van der Waals surface area contributed by atoms with Crippen LogP contribution in [0.4, 0.5) is 0 Å². The smallest absolute Gasteiger partial charge is 0.176 e. The van der Waals surface area contributed by atoms with E-state index in [0.29, 0.717) is 19.8 Å². The second kappa shape index (κ2) is 5.89. The first-order valence-electron chi connectivity index (χ1n) is 6.11. The number of ether oxygens (including phenoxy) is 2. The topological polar surface area (TPSA) is 43.6 Å². The van der Waals surface area contributed by atoms with Crippen molar-refractivity contribution in [2.75, 3.05) is 20.8 Å². The average molecular weight is 249 g/mol. The molecule has 0 saturated heterocycles. The van der Waals surface area contributed by atoms with E-state index in [2.05, 4.69) is 5.32 Å². The Bertz CT molecular complexity index is 519. The van der Waals surface area contributed by atoms with E-state index in [1.54, 1.807) is 7.11 Å². The van der Waals surface area contributed by atoms with Gasteiger partial charge in [0.15, 0.2) is 11.3 Å². The molecule has 0 unspecified atom stereocenters. The van der Waals surface area contributed by atoms with Gasteiger partial charge in [0, 0.05) is 18.1 Å². The largest absolute Gasteiger partial charge is 0.490 e. The van der Waals surface area contributed by atoms with Crippen LogP contribution in [0.25, 0.3) is 11.0 Å². The summed E-state index contributed by atoms with van der Waals surface area (Å²) in [4.78, 5) is 0. The molecule has 98 valence electrons. The zero-order chi connectivity index (χ0) is 13.0. The molecule has 0 amide bonds. The van der Waals surface area contributed by atoms with Crippen molar-refractivity contribution < 1.29 is 13.9 Å². The monoisotopic (exact) mass is 249 g/mol. The van der Waals surface area contributed by atoms with E-state index in [0.717, 1.165) is 28.0 Å². The van der Waals surface area contributed by atoms with Gasteiger partial charge in [-0.3, -0.25) is 0 Å². The van der Waals surface area contributed by atoms with Crippen LogP contribution in [-0.4, -0.2) is 20.8 Å². The van der Waals surface area contributed by atoms with Crippen molar-refractivity contribution in [3.05, 3.63) is 29.5 Å². The number of furan rings is 1. The summed E-state index contributed by atoms with van der Waals surface area (Å²) in [6, 6.07) is 5.94. The van der Waals surface area contributed by atoms with E-state index in [1.807, 2.05) is 32.2 Å². The average Bonchev–Trinajstić information content (AvgIpc) is 2.71. The van der Waals surface area contributed by atoms with Gasteiger partial charge < -0.3 is 19.2 Å². The molecule has 0 fully saturated rings. The zero-order valence-corrected chi connectivity index (χ0v) is 11.1. The van der Waals surface area contributed by atoms with E-state index in [1.165, 1.54) is 0 Å². The molecule has 1 aromatic heterocycles. The highest BCUT2D eigenvalue weighted by Gasteiger charge is 2.16. The molecule has 0 radical (unpaired) electrons. The summed E-state index contributed by atoms with van der Waals surface area (Å²) >= 11 is 0. The highest BCUT2D eigenvalue weighted by Crippen LogP contribution is 2.33. The van der Waals surface area contributed by atoms with Gasteiger partial charge in [-0.1, -0.05) is 12.1 Å². The molecule has 0 atom stereocenters. The highest BCUT2D eigenvalue weighted by molar-refractivity contribution is 5.87. The Morgan fingerprint density at radius 3 is 2.83 bits per heavy atom. The molecule has 0 aliphatic carbocycles. The molecule has 1 N–H and O–H groups in total. The summed E-state index contributed by atoms with van der Waals surface area (Å²) in [6.45, 7) is 3.81. The van der Waals surface area contributed by atoms with Crippen molar-refractivity contribution in [1.82, 2.24) is 5.32 Å². The third kappa shape index (κ3) is 2.35. The summed E-state index contributed by atoms with van der Waals surface area (Å²) in [7, 11) is 3.58. The normalized spacial score (nSPS) is 11.1. The van der Waals surface area contributed by atoms with Crippen LogP contribution in [0, 0.1) is 0 Å². The molecule has 2 aromatic rings. The lowest BCUT2D eigenvalue weighted by Crippen LogP contribution is -2.06. The molecular weight excluding hydrogens is 230 g/mol. The maximum Gasteiger partial charge on any atom is 0.176 e. The molecule has 18 heavy (non-hydrogen) atoms. The molecule has 0 aliphatic rings. The first-order valence-corrected chi connectivity index (χ1v) is 6.11. The number of para-hydroxylation sites is 1. The molecule has 4 heteroatoms. The fourth-order valence-electron chi connectivity index (χ4n) is 2.07. The van der Waals surface area contributed by atoms with Gasteiger partial charge in [0.2, 0.25) is 0 Å². The molecular formula is C14H19NO3. The van der Waals surface area contributed by atoms with Gasteiger partial charge in [0.1, 0.15) is 5.76 Å². The Balaban J connectivity index is 2.55. The molecule has 0 saturated carbocycles. The number of hydrogen-bond acceptors (Lipinski definition) is 4. The SMILES string of the molecule is CCOc1cccc2c(COC)c(CNC)oc12. The lowest BCUT2D eigenvalue weighted by molar-refractivity contribution is 0.183. The quantitative estimate of drug-likeness (QED) is 0.854. The molecule has 1 aromatic carbocycles. The Hall–Kier alpha value is -1.52. The minimum Gasteiger partial charge on any atom is -0.490 e. The van der Waals surface area contributed by atoms with Crippen molar-refractivity contribution in [3.8, 4) is 5.75 Å². The predicted octanol–water partition coefficient (Wildman–Crippen LogP) is 2.70. The van der Waals surface area contributed by atoms with Crippen molar-refractivity contribution in [1.29, 1.82) is 0 Å². The summed E-state index contributed by atoms with van der Waals surface area (Å²) in [5, 5.41) is 4.17. The van der Waals surface area contributed by atoms with Crippen LogP contribution in [0.5, 0.6) is 5.75 Å². The first kappa shape index (κ1) is 12.9. The van der Waals surface area contributed by atoms with Crippen molar-refractivity contribution in [2.24, 2.45) is 0 Å². The Labute approximate surface area is 107 Å². The second-order valence-electron chi connectivity index (χ2n) is 4.03. The summed E-state index contributed by atoms with van der Waals surface area (Å²) in [5.74, 6) is 1.69. The molecule has 4 nitrogen and oxygen atoms in total. The fraction of sp³-hybridized carbons (Fsp3) is 0.429. The van der Waals surface area contributed by atoms with Crippen LogP contribution in [0.2, 0.25) is 0 Å². The second-order valence-corrected chi connectivity index (χ2v) is 4.03. The van der Waals surface area contributed by atoms with Crippen LogP contribution >= 0.6 is 0 Å². The van der Waals surface area contributed by atoms with Gasteiger partial charge >= 0.3 is 0 Å². The van der Waals surface area contributed by atoms with E-state index in [-0.39, 0.29) is 0 Å². The van der Waals surface area contributed by atoms with Gasteiger partial charge in [-0.25, -0.2) is 0 Å². The van der Waals surface area contributed by atoms with Crippen molar-refractivity contribution in [2.45, 2.75) is 20.1 Å². The van der Waals surface area contributed by atoms with Gasteiger partial charge in [0.05, 0.1) is 19.8 Å².